The molecule has 4 heteroatoms. The fraction of sp³-hybridized carbons (Fsp3) is 0.0588. The van der Waals surface area contributed by atoms with Gasteiger partial charge in [0.1, 0.15) is 18.2 Å². The van der Waals surface area contributed by atoms with Gasteiger partial charge in [-0.05, 0) is 24.3 Å². The number of hydrogen-bond donors (Lipinski definition) is 0. The van der Waals surface area contributed by atoms with Crippen LogP contribution in [0.4, 0.5) is 4.39 Å². The predicted octanol–water partition coefficient (Wildman–Crippen LogP) is 5.97. The van der Waals surface area contributed by atoms with E-state index in [1.54, 1.807) is 6.07 Å². The van der Waals surface area contributed by atoms with E-state index in [4.69, 9.17) is 16.3 Å². The maximum absolute atomic E-state index is 13.1. The monoisotopic (exact) mass is 364 g/mol. The minimum absolute atomic E-state index is 0.275. The van der Waals surface area contributed by atoms with E-state index in [-0.39, 0.29) is 5.82 Å². The summed E-state index contributed by atoms with van der Waals surface area (Å²) >= 11 is 9.52. The molecule has 0 aliphatic carbocycles. The third-order valence-corrected chi connectivity index (χ3v) is 4.30. The van der Waals surface area contributed by atoms with Gasteiger partial charge in [-0.25, -0.2) is 4.39 Å². The summed E-state index contributed by atoms with van der Waals surface area (Å²) in [7, 11) is 0. The van der Waals surface area contributed by atoms with Crippen molar-refractivity contribution in [3.05, 3.63) is 75.5 Å². The summed E-state index contributed by atoms with van der Waals surface area (Å²) in [5.74, 6) is 0.480. The highest BCUT2D eigenvalue weighted by molar-refractivity contribution is 9.10. The van der Waals surface area contributed by atoms with Crippen LogP contribution in [-0.2, 0) is 6.61 Å². The van der Waals surface area contributed by atoms with E-state index in [0.717, 1.165) is 22.1 Å². The first kappa shape index (κ1) is 14.4. The van der Waals surface area contributed by atoms with Crippen molar-refractivity contribution in [2.24, 2.45) is 0 Å². The van der Waals surface area contributed by atoms with Gasteiger partial charge in [-0.2, -0.15) is 0 Å². The van der Waals surface area contributed by atoms with E-state index in [9.17, 15) is 4.39 Å². The molecule has 0 spiro atoms. The molecule has 0 unspecified atom stereocenters. The van der Waals surface area contributed by atoms with Crippen molar-refractivity contribution in [1.82, 2.24) is 0 Å². The lowest BCUT2D eigenvalue weighted by atomic mass is 10.1. The lowest BCUT2D eigenvalue weighted by Gasteiger charge is -2.11. The van der Waals surface area contributed by atoms with E-state index in [2.05, 4.69) is 15.9 Å². The fourth-order valence-corrected chi connectivity index (χ4v) is 2.85. The second kappa shape index (κ2) is 6.04. The maximum atomic E-state index is 13.1. The van der Waals surface area contributed by atoms with E-state index in [1.165, 1.54) is 12.1 Å². The Hall–Kier alpha value is -1.58. The number of ether oxygens (including phenoxy) is 1. The molecule has 1 nitrogen and oxygen atoms in total. The van der Waals surface area contributed by atoms with Crippen LogP contribution in [0.15, 0.2) is 59.1 Å². The summed E-state index contributed by atoms with van der Waals surface area (Å²) in [5, 5.41) is 2.61. The van der Waals surface area contributed by atoms with Gasteiger partial charge in [-0.3, -0.25) is 0 Å². The van der Waals surface area contributed by atoms with Crippen molar-refractivity contribution in [3.63, 3.8) is 0 Å². The summed E-state index contributed by atoms with van der Waals surface area (Å²) in [6.45, 7) is 0.354. The second-order valence-corrected chi connectivity index (χ2v) is 5.88. The molecule has 3 aromatic rings. The standard InChI is InChI=1S/C17H11BrClFO/c18-15-9-12(20)6-5-11(15)10-21-17-8-7-16(19)13-3-1-2-4-14(13)17/h1-9H,10H2. The van der Waals surface area contributed by atoms with E-state index in [1.807, 2.05) is 36.4 Å². The van der Waals surface area contributed by atoms with Crippen LogP contribution in [0.5, 0.6) is 5.75 Å². The van der Waals surface area contributed by atoms with Crippen LogP contribution >= 0.6 is 27.5 Å². The highest BCUT2D eigenvalue weighted by Gasteiger charge is 2.07. The molecule has 0 fully saturated rings. The van der Waals surface area contributed by atoms with Crippen LogP contribution in [0, 0.1) is 5.82 Å². The number of hydrogen-bond acceptors (Lipinski definition) is 1. The highest BCUT2D eigenvalue weighted by atomic mass is 79.9. The Balaban J connectivity index is 1.90. The molecule has 0 amide bonds. The van der Waals surface area contributed by atoms with Crippen molar-refractivity contribution in [2.75, 3.05) is 0 Å². The first-order valence-corrected chi connectivity index (χ1v) is 7.56. The highest BCUT2D eigenvalue weighted by Crippen LogP contribution is 2.32. The summed E-state index contributed by atoms with van der Waals surface area (Å²) in [6.07, 6.45) is 0. The van der Waals surface area contributed by atoms with Gasteiger partial charge in [-0.15, -0.1) is 0 Å². The molecule has 0 atom stereocenters. The molecule has 21 heavy (non-hydrogen) atoms. The van der Waals surface area contributed by atoms with Crippen molar-refractivity contribution >= 4 is 38.3 Å². The Bertz CT molecular complexity index is 804. The molecule has 0 radical (unpaired) electrons. The SMILES string of the molecule is Fc1ccc(COc2ccc(Cl)c3ccccc23)c(Br)c1. The van der Waals surface area contributed by atoms with E-state index < -0.39 is 0 Å². The molecule has 0 saturated carbocycles. The zero-order chi connectivity index (χ0) is 14.8. The quantitative estimate of drug-likeness (QED) is 0.555. The molecule has 3 aromatic carbocycles. The van der Waals surface area contributed by atoms with Crippen LogP contribution in [-0.4, -0.2) is 0 Å². The third kappa shape index (κ3) is 3.04. The minimum Gasteiger partial charge on any atom is -0.488 e. The number of rotatable bonds is 3. The summed E-state index contributed by atoms with van der Waals surface area (Å²) < 4.78 is 19.6. The Morgan fingerprint density at radius 1 is 1.00 bits per heavy atom. The number of benzene rings is 3. The molecule has 0 aromatic heterocycles. The summed E-state index contributed by atoms with van der Waals surface area (Å²) in [6, 6.07) is 16.0. The number of fused-ring (bicyclic) bond motifs is 1. The van der Waals surface area contributed by atoms with Crippen LogP contribution in [0.25, 0.3) is 10.8 Å². The fourth-order valence-electron chi connectivity index (χ4n) is 2.15. The second-order valence-electron chi connectivity index (χ2n) is 4.62. The van der Waals surface area contributed by atoms with Crippen LogP contribution in [0.1, 0.15) is 5.56 Å². The van der Waals surface area contributed by atoms with Crippen molar-refractivity contribution in [3.8, 4) is 5.75 Å². The first-order chi connectivity index (χ1) is 10.1. The van der Waals surface area contributed by atoms with Gasteiger partial charge in [0.25, 0.3) is 0 Å². The molecular weight excluding hydrogens is 355 g/mol. The van der Waals surface area contributed by atoms with Crippen molar-refractivity contribution in [1.29, 1.82) is 0 Å². The van der Waals surface area contributed by atoms with Gasteiger partial charge < -0.3 is 4.74 Å². The van der Waals surface area contributed by atoms with Crippen LogP contribution in [0.3, 0.4) is 0 Å². The molecule has 0 heterocycles. The molecule has 3 rings (SSSR count). The largest absolute Gasteiger partial charge is 0.488 e. The van der Waals surface area contributed by atoms with E-state index >= 15 is 0 Å². The number of halogens is 3. The van der Waals surface area contributed by atoms with Crippen LogP contribution in [0.2, 0.25) is 5.02 Å². The molecular formula is C17H11BrClFO. The zero-order valence-electron chi connectivity index (χ0n) is 10.9. The Kier molecular flexibility index (Phi) is 4.13. The van der Waals surface area contributed by atoms with Crippen LogP contribution < -0.4 is 4.74 Å². The van der Waals surface area contributed by atoms with E-state index in [0.29, 0.717) is 16.1 Å². The zero-order valence-corrected chi connectivity index (χ0v) is 13.3. The molecule has 0 N–H and O–H groups in total. The summed E-state index contributed by atoms with van der Waals surface area (Å²) in [5.41, 5.74) is 0.885. The van der Waals surface area contributed by atoms with Gasteiger partial charge in [0, 0.05) is 25.8 Å². The Labute approximate surface area is 135 Å². The average Bonchev–Trinajstić information content (AvgIpc) is 2.48. The summed E-state index contributed by atoms with van der Waals surface area (Å²) in [4.78, 5) is 0. The molecule has 0 aliphatic heterocycles. The molecule has 0 saturated heterocycles. The first-order valence-electron chi connectivity index (χ1n) is 6.39. The Morgan fingerprint density at radius 3 is 2.52 bits per heavy atom. The van der Waals surface area contributed by atoms with Gasteiger partial charge >= 0.3 is 0 Å². The maximum Gasteiger partial charge on any atom is 0.127 e. The van der Waals surface area contributed by atoms with Crippen molar-refractivity contribution in [2.45, 2.75) is 6.61 Å². The van der Waals surface area contributed by atoms with Gasteiger partial charge in [0.2, 0.25) is 0 Å². The normalized spacial score (nSPS) is 10.8. The van der Waals surface area contributed by atoms with Crippen molar-refractivity contribution < 1.29 is 9.13 Å². The van der Waals surface area contributed by atoms with Gasteiger partial charge in [0.15, 0.2) is 0 Å². The Morgan fingerprint density at radius 2 is 1.76 bits per heavy atom. The molecule has 0 aliphatic rings. The van der Waals surface area contributed by atoms with Gasteiger partial charge in [0.05, 0.1) is 0 Å². The average molecular weight is 366 g/mol. The molecule has 106 valence electrons. The molecule has 0 bridgehead atoms. The lowest BCUT2D eigenvalue weighted by molar-refractivity contribution is 0.309. The van der Waals surface area contributed by atoms with Gasteiger partial charge in [-0.1, -0.05) is 57.9 Å². The minimum atomic E-state index is -0.275. The topological polar surface area (TPSA) is 9.23 Å². The smallest absolute Gasteiger partial charge is 0.127 e. The predicted molar refractivity (Wildman–Crippen MR) is 87.4 cm³/mol. The lowest BCUT2D eigenvalue weighted by Crippen LogP contribution is -1.97. The third-order valence-electron chi connectivity index (χ3n) is 3.23.